The maximum atomic E-state index is 14.3. The number of ketones is 1. The van der Waals surface area contributed by atoms with E-state index in [9.17, 15) is 18.4 Å². The summed E-state index contributed by atoms with van der Waals surface area (Å²) in [5.41, 5.74) is 0.988. The fourth-order valence-corrected chi connectivity index (χ4v) is 2.67. The van der Waals surface area contributed by atoms with Crippen LogP contribution in [0.25, 0.3) is 0 Å². The number of rotatable bonds is 7. The number of halogens is 2. The monoisotopic (exact) mass is 396 g/mol. The number of hydrogen-bond donors (Lipinski definition) is 0. The summed E-state index contributed by atoms with van der Waals surface area (Å²) in [4.78, 5) is 29.4. The van der Waals surface area contributed by atoms with Crippen molar-refractivity contribution < 1.29 is 23.1 Å². The van der Waals surface area contributed by atoms with Gasteiger partial charge < -0.3 is 9.64 Å². The smallest absolute Gasteiger partial charge is 0.265 e. The summed E-state index contributed by atoms with van der Waals surface area (Å²) in [6.07, 6.45) is 1.56. The highest BCUT2D eigenvalue weighted by molar-refractivity contribution is 5.95. The molecule has 2 aromatic carbocycles. The molecule has 0 radical (unpaired) electrons. The van der Waals surface area contributed by atoms with E-state index in [-0.39, 0.29) is 24.6 Å². The first-order valence-corrected chi connectivity index (χ1v) is 8.83. The van der Waals surface area contributed by atoms with Crippen molar-refractivity contribution in [2.75, 3.05) is 11.5 Å². The first-order chi connectivity index (χ1) is 13.9. The number of hydrogen-bond acceptors (Lipinski definition) is 4. The number of nitrogens with zero attached hydrogens (tertiary/aromatic N) is 2. The summed E-state index contributed by atoms with van der Waals surface area (Å²) in [5.74, 6) is -1.82. The van der Waals surface area contributed by atoms with Crippen LogP contribution in [0.2, 0.25) is 0 Å². The van der Waals surface area contributed by atoms with E-state index in [2.05, 4.69) is 4.98 Å². The molecular formula is C22H18F2N2O3. The molecule has 3 aromatic rings. The quantitative estimate of drug-likeness (QED) is 0.563. The maximum absolute atomic E-state index is 14.3. The molecular weight excluding hydrogens is 378 g/mol. The van der Waals surface area contributed by atoms with Gasteiger partial charge in [-0.05, 0) is 55.5 Å². The molecule has 5 nitrogen and oxygen atoms in total. The zero-order valence-electron chi connectivity index (χ0n) is 15.6. The Morgan fingerprint density at radius 1 is 1.03 bits per heavy atom. The van der Waals surface area contributed by atoms with Crippen LogP contribution in [-0.2, 0) is 11.3 Å². The lowest BCUT2D eigenvalue weighted by molar-refractivity contribution is -0.120. The third kappa shape index (κ3) is 5.22. The predicted octanol–water partition coefficient (Wildman–Crippen LogP) is 4.17. The van der Waals surface area contributed by atoms with Crippen molar-refractivity contribution in [1.82, 2.24) is 4.98 Å². The van der Waals surface area contributed by atoms with Crippen LogP contribution in [0, 0.1) is 11.6 Å². The van der Waals surface area contributed by atoms with Crippen molar-refractivity contribution in [1.29, 1.82) is 0 Å². The Morgan fingerprint density at radius 3 is 2.41 bits per heavy atom. The zero-order chi connectivity index (χ0) is 20.8. The largest absolute Gasteiger partial charge is 0.484 e. The number of pyridine rings is 1. The number of aromatic nitrogens is 1. The fourth-order valence-electron chi connectivity index (χ4n) is 2.67. The van der Waals surface area contributed by atoms with Gasteiger partial charge in [-0.1, -0.05) is 6.07 Å². The van der Waals surface area contributed by atoms with E-state index in [0.29, 0.717) is 17.0 Å². The number of carbonyl (C=O) groups excluding carboxylic acids is 2. The van der Waals surface area contributed by atoms with Crippen LogP contribution in [0.5, 0.6) is 5.75 Å². The summed E-state index contributed by atoms with van der Waals surface area (Å²) in [5, 5.41) is 0. The third-order valence-electron chi connectivity index (χ3n) is 4.17. The van der Waals surface area contributed by atoms with E-state index >= 15 is 0 Å². The van der Waals surface area contributed by atoms with E-state index < -0.39 is 17.5 Å². The maximum Gasteiger partial charge on any atom is 0.265 e. The Morgan fingerprint density at radius 2 is 1.79 bits per heavy atom. The van der Waals surface area contributed by atoms with Crippen LogP contribution < -0.4 is 9.64 Å². The van der Waals surface area contributed by atoms with Crippen molar-refractivity contribution in [2.45, 2.75) is 13.5 Å². The second-order valence-electron chi connectivity index (χ2n) is 6.27. The Labute approximate surface area is 166 Å². The minimum absolute atomic E-state index is 0.00510. The van der Waals surface area contributed by atoms with E-state index in [1.807, 2.05) is 0 Å². The molecule has 0 bridgehead atoms. The number of Topliss-reactive ketones (excluding diaryl/α,β-unsaturated/α-hetero) is 1. The van der Waals surface area contributed by atoms with Gasteiger partial charge in [0, 0.05) is 17.8 Å². The second-order valence-corrected chi connectivity index (χ2v) is 6.27. The third-order valence-corrected chi connectivity index (χ3v) is 4.17. The Bertz CT molecular complexity index is 1010. The molecule has 0 N–H and O–H groups in total. The first kappa shape index (κ1) is 20.1. The second kappa shape index (κ2) is 9.05. The highest BCUT2D eigenvalue weighted by Gasteiger charge is 2.21. The van der Waals surface area contributed by atoms with Crippen LogP contribution in [0.3, 0.4) is 0 Å². The topological polar surface area (TPSA) is 59.5 Å². The zero-order valence-corrected chi connectivity index (χ0v) is 15.6. The Kier molecular flexibility index (Phi) is 6.29. The van der Waals surface area contributed by atoms with Gasteiger partial charge >= 0.3 is 0 Å². The molecule has 0 spiro atoms. The number of ether oxygens (including phenoxy) is 1. The molecule has 0 aliphatic rings. The van der Waals surface area contributed by atoms with Gasteiger partial charge in [-0.3, -0.25) is 14.6 Å². The molecule has 0 atom stereocenters. The van der Waals surface area contributed by atoms with Gasteiger partial charge in [0.2, 0.25) is 0 Å². The molecule has 0 aliphatic carbocycles. The number of amides is 1. The number of benzene rings is 2. The molecule has 0 fully saturated rings. The molecule has 1 heterocycles. The molecule has 1 aromatic heterocycles. The average molecular weight is 396 g/mol. The summed E-state index contributed by atoms with van der Waals surface area (Å²) in [7, 11) is 0. The van der Waals surface area contributed by atoms with Crippen LogP contribution in [0.1, 0.15) is 23.0 Å². The highest BCUT2D eigenvalue weighted by atomic mass is 19.1. The van der Waals surface area contributed by atoms with Crippen LogP contribution in [0.4, 0.5) is 14.5 Å². The van der Waals surface area contributed by atoms with E-state index in [4.69, 9.17) is 4.74 Å². The van der Waals surface area contributed by atoms with Crippen LogP contribution in [0.15, 0.2) is 66.9 Å². The molecule has 148 valence electrons. The van der Waals surface area contributed by atoms with E-state index in [1.165, 1.54) is 13.0 Å². The lowest BCUT2D eigenvalue weighted by Gasteiger charge is -2.23. The molecule has 29 heavy (non-hydrogen) atoms. The normalized spacial score (nSPS) is 10.4. The van der Waals surface area contributed by atoms with Crippen LogP contribution >= 0.6 is 0 Å². The summed E-state index contributed by atoms with van der Waals surface area (Å²) in [6, 6.07) is 14.5. The summed E-state index contributed by atoms with van der Waals surface area (Å²) in [6.45, 7) is 1.07. The fraction of sp³-hybridized carbons (Fsp3) is 0.136. The Hall–Kier alpha value is -3.61. The van der Waals surface area contributed by atoms with E-state index in [0.717, 1.165) is 17.0 Å². The average Bonchev–Trinajstić information content (AvgIpc) is 2.72. The molecule has 1 amide bonds. The SMILES string of the molecule is CC(=O)c1ccc(OCC(=O)N(Cc2ccccn2)c2ccc(F)cc2F)cc1. The van der Waals surface area contributed by atoms with Crippen molar-refractivity contribution in [3.05, 3.63) is 89.8 Å². The molecule has 0 aliphatic heterocycles. The standard InChI is InChI=1S/C22H18F2N2O3/c1-15(27)16-5-8-19(9-6-16)29-14-22(28)26(13-18-4-2-3-11-25-18)21-10-7-17(23)12-20(21)24/h2-12H,13-14H2,1H3. The highest BCUT2D eigenvalue weighted by Crippen LogP contribution is 2.23. The van der Waals surface area contributed by atoms with Crippen molar-refractivity contribution in [3.8, 4) is 5.75 Å². The van der Waals surface area contributed by atoms with Gasteiger partial charge in [-0.15, -0.1) is 0 Å². The lowest BCUT2D eigenvalue weighted by atomic mass is 10.1. The molecule has 3 rings (SSSR count). The summed E-state index contributed by atoms with van der Waals surface area (Å²) < 4.78 is 33.1. The van der Waals surface area contributed by atoms with Crippen molar-refractivity contribution >= 4 is 17.4 Å². The molecule has 0 saturated heterocycles. The van der Waals surface area contributed by atoms with Gasteiger partial charge in [0.25, 0.3) is 5.91 Å². The van der Waals surface area contributed by atoms with Crippen molar-refractivity contribution in [3.63, 3.8) is 0 Å². The number of carbonyl (C=O) groups is 2. The first-order valence-electron chi connectivity index (χ1n) is 8.83. The predicted molar refractivity (Wildman–Crippen MR) is 104 cm³/mol. The minimum Gasteiger partial charge on any atom is -0.484 e. The molecule has 0 saturated carbocycles. The minimum atomic E-state index is -0.861. The molecule has 7 heteroatoms. The Balaban J connectivity index is 1.79. The van der Waals surface area contributed by atoms with Crippen molar-refractivity contribution in [2.24, 2.45) is 0 Å². The van der Waals surface area contributed by atoms with Gasteiger partial charge in [0.15, 0.2) is 12.4 Å². The van der Waals surface area contributed by atoms with E-state index in [1.54, 1.807) is 48.7 Å². The lowest BCUT2D eigenvalue weighted by Crippen LogP contribution is -2.35. The number of anilines is 1. The van der Waals surface area contributed by atoms with Crippen LogP contribution in [-0.4, -0.2) is 23.3 Å². The van der Waals surface area contributed by atoms with Gasteiger partial charge in [-0.2, -0.15) is 0 Å². The van der Waals surface area contributed by atoms with Gasteiger partial charge in [0.1, 0.15) is 17.4 Å². The van der Waals surface area contributed by atoms with Gasteiger partial charge in [0.05, 0.1) is 17.9 Å². The van der Waals surface area contributed by atoms with Gasteiger partial charge in [-0.25, -0.2) is 8.78 Å². The molecule has 0 unspecified atom stereocenters. The summed E-state index contributed by atoms with van der Waals surface area (Å²) >= 11 is 0.